The third-order valence-corrected chi connectivity index (χ3v) is 4.79. The van der Waals surface area contributed by atoms with Gasteiger partial charge in [-0.1, -0.05) is 19.1 Å². The van der Waals surface area contributed by atoms with E-state index in [0.717, 1.165) is 23.3 Å². The van der Waals surface area contributed by atoms with Crippen molar-refractivity contribution < 1.29 is 0 Å². The Kier molecular flexibility index (Phi) is 3.29. The van der Waals surface area contributed by atoms with Crippen LogP contribution in [0.1, 0.15) is 22.9 Å². The van der Waals surface area contributed by atoms with Crippen LogP contribution in [-0.4, -0.2) is 9.55 Å². The van der Waals surface area contributed by atoms with Gasteiger partial charge in [-0.3, -0.25) is 0 Å². The van der Waals surface area contributed by atoms with E-state index in [2.05, 4.69) is 53.0 Å². The van der Waals surface area contributed by atoms with E-state index in [1.165, 1.54) is 21.5 Å². The van der Waals surface area contributed by atoms with E-state index in [4.69, 9.17) is 12.2 Å². The zero-order chi connectivity index (χ0) is 13.4. The second-order valence-electron chi connectivity index (χ2n) is 4.71. The molecule has 2 nitrogen and oxygen atoms in total. The number of aromatic nitrogens is 2. The molecule has 3 aromatic rings. The van der Waals surface area contributed by atoms with Gasteiger partial charge >= 0.3 is 0 Å². The van der Waals surface area contributed by atoms with Crippen LogP contribution in [0.15, 0.2) is 29.6 Å². The molecule has 0 atom stereocenters. The minimum atomic E-state index is 0.805. The second-order valence-corrected chi connectivity index (χ2v) is 6.10. The SMILES string of the molecule is CCc1ccsc1Cn1c(=S)[nH]c2cccc(C)c21. The number of hydrogen-bond acceptors (Lipinski definition) is 2. The van der Waals surface area contributed by atoms with Crippen molar-refractivity contribution in [1.29, 1.82) is 0 Å². The average Bonchev–Trinajstić information content (AvgIpc) is 2.96. The van der Waals surface area contributed by atoms with Gasteiger partial charge in [-0.25, -0.2) is 0 Å². The zero-order valence-corrected chi connectivity index (χ0v) is 12.7. The van der Waals surface area contributed by atoms with Crippen LogP contribution in [-0.2, 0) is 13.0 Å². The van der Waals surface area contributed by atoms with Crippen LogP contribution < -0.4 is 0 Å². The predicted molar refractivity (Wildman–Crippen MR) is 84.7 cm³/mol. The van der Waals surface area contributed by atoms with Crippen molar-refractivity contribution in [1.82, 2.24) is 9.55 Å². The fraction of sp³-hybridized carbons (Fsp3) is 0.267. The number of fused-ring (bicyclic) bond motifs is 1. The van der Waals surface area contributed by atoms with E-state index in [-0.39, 0.29) is 0 Å². The lowest BCUT2D eigenvalue weighted by atomic mass is 10.2. The summed E-state index contributed by atoms with van der Waals surface area (Å²) in [5, 5.41) is 2.17. The summed E-state index contributed by atoms with van der Waals surface area (Å²) in [6, 6.07) is 8.50. The van der Waals surface area contributed by atoms with Crippen LogP contribution in [0.3, 0.4) is 0 Å². The normalized spacial score (nSPS) is 11.3. The molecule has 0 bridgehead atoms. The van der Waals surface area contributed by atoms with Crippen LogP contribution >= 0.6 is 23.6 Å². The first-order valence-corrected chi connectivity index (χ1v) is 7.73. The third kappa shape index (κ3) is 2.15. The van der Waals surface area contributed by atoms with Gasteiger partial charge in [0.15, 0.2) is 4.77 Å². The molecular formula is C15H16N2S2. The molecule has 0 saturated carbocycles. The number of imidazole rings is 1. The number of para-hydroxylation sites is 1. The molecule has 0 spiro atoms. The molecule has 19 heavy (non-hydrogen) atoms. The van der Waals surface area contributed by atoms with Gasteiger partial charge in [-0.05, 0) is 54.2 Å². The summed E-state index contributed by atoms with van der Waals surface area (Å²) in [5.41, 5.74) is 5.04. The van der Waals surface area contributed by atoms with E-state index in [1.54, 1.807) is 0 Å². The molecule has 0 aliphatic heterocycles. The molecule has 2 heterocycles. The van der Waals surface area contributed by atoms with Gasteiger partial charge < -0.3 is 9.55 Å². The van der Waals surface area contributed by atoms with Crippen LogP contribution in [0, 0.1) is 11.7 Å². The first kappa shape index (κ1) is 12.6. The van der Waals surface area contributed by atoms with Gasteiger partial charge in [0.2, 0.25) is 0 Å². The Morgan fingerprint density at radius 2 is 2.16 bits per heavy atom. The van der Waals surface area contributed by atoms with Crippen LogP contribution in [0.5, 0.6) is 0 Å². The largest absolute Gasteiger partial charge is 0.331 e. The van der Waals surface area contributed by atoms with Crippen LogP contribution in [0.25, 0.3) is 11.0 Å². The lowest BCUT2D eigenvalue weighted by molar-refractivity contribution is 0.812. The molecule has 3 rings (SSSR count). The first-order chi connectivity index (χ1) is 9.20. The summed E-state index contributed by atoms with van der Waals surface area (Å²) < 4.78 is 3.02. The lowest BCUT2D eigenvalue weighted by Crippen LogP contribution is -2.01. The van der Waals surface area contributed by atoms with E-state index >= 15 is 0 Å². The number of thiophene rings is 1. The van der Waals surface area contributed by atoms with Crippen molar-refractivity contribution >= 4 is 34.6 Å². The number of aromatic amines is 1. The van der Waals surface area contributed by atoms with Gasteiger partial charge in [0.05, 0.1) is 17.6 Å². The molecule has 4 heteroatoms. The highest BCUT2D eigenvalue weighted by Gasteiger charge is 2.10. The highest BCUT2D eigenvalue weighted by atomic mass is 32.1. The smallest absolute Gasteiger partial charge is 0.178 e. The van der Waals surface area contributed by atoms with E-state index < -0.39 is 0 Å². The molecule has 0 unspecified atom stereocenters. The Hall–Kier alpha value is -1.39. The molecule has 0 aliphatic rings. The third-order valence-electron chi connectivity index (χ3n) is 3.51. The Morgan fingerprint density at radius 1 is 1.32 bits per heavy atom. The lowest BCUT2D eigenvalue weighted by Gasteiger charge is -2.07. The van der Waals surface area contributed by atoms with E-state index in [0.29, 0.717) is 0 Å². The Bertz CT molecular complexity index is 777. The average molecular weight is 288 g/mol. The van der Waals surface area contributed by atoms with Crippen molar-refractivity contribution in [2.24, 2.45) is 0 Å². The molecular weight excluding hydrogens is 272 g/mol. The number of nitrogens with one attached hydrogen (secondary N) is 1. The quantitative estimate of drug-likeness (QED) is 0.694. The molecule has 1 N–H and O–H groups in total. The molecule has 1 aromatic carbocycles. The van der Waals surface area contributed by atoms with E-state index in [1.807, 2.05) is 11.3 Å². The van der Waals surface area contributed by atoms with Crippen molar-refractivity contribution in [2.45, 2.75) is 26.8 Å². The minimum Gasteiger partial charge on any atom is -0.331 e. The summed E-state index contributed by atoms with van der Waals surface area (Å²) >= 11 is 7.29. The Labute approximate surface area is 121 Å². The minimum absolute atomic E-state index is 0.805. The first-order valence-electron chi connectivity index (χ1n) is 6.44. The maximum atomic E-state index is 5.48. The number of H-pyrrole nitrogens is 1. The van der Waals surface area contributed by atoms with Crippen LogP contribution in [0.2, 0.25) is 0 Å². The molecule has 0 aliphatic carbocycles. The van der Waals surface area contributed by atoms with Crippen molar-refractivity contribution in [3.8, 4) is 0 Å². The Balaban J connectivity index is 2.15. The fourth-order valence-electron chi connectivity index (χ4n) is 2.52. The number of benzene rings is 1. The number of nitrogens with zero attached hydrogens (tertiary/aromatic N) is 1. The van der Waals surface area contributed by atoms with Crippen molar-refractivity contribution in [3.63, 3.8) is 0 Å². The summed E-state index contributed by atoms with van der Waals surface area (Å²) in [7, 11) is 0. The van der Waals surface area contributed by atoms with Gasteiger partial charge in [-0.2, -0.15) is 0 Å². The Morgan fingerprint density at radius 3 is 2.95 bits per heavy atom. The molecule has 2 aromatic heterocycles. The molecule has 98 valence electrons. The van der Waals surface area contributed by atoms with Crippen molar-refractivity contribution in [2.75, 3.05) is 0 Å². The van der Waals surface area contributed by atoms with Crippen molar-refractivity contribution in [3.05, 3.63) is 50.4 Å². The highest BCUT2D eigenvalue weighted by Crippen LogP contribution is 2.23. The van der Waals surface area contributed by atoms with Crippen LogP contribution in [0.4, 0.5) is 0 Å². The topological polar surface area (TPSA) is 20.7 Å². The van der Waals surface area contributed by atoms with Gasteiger partial charge in [0, 0.05) is 4.88 Å². The second kappa shape index (κ2) is 4.94. The monoisotopic (exact) mass is 288 g/mol. The van der Waals surface area contributed by atoms with E-state index in [9.17, 15) is 0 Å². The van der Waals surface area contributed by atoms with Gasteiger partial charge in [0.25, 0.3) is 0 Å². The maximum Gasteiger partial charge on any atom is 0.178 e. The number of hydrogen-bond donors (Lipinski definition) is 1. The molecule has 0 fully saturated rings. The summed E-state index contributed by atoms with van der Waals surface area (Å²) in [6.07, 6.45) is 1.08. The number of rotatable bonds is 3. The molecule has 0 amide bonds. The predicted octanol–water partition coefficient (Wildman–Crippen LogP) is 4.68. The zero-order valence-electron chi connectivity index (χ0n) is 11.1. The maximum absolute atomic E-state index is 5.48. The summed E-state index contributed by atoms with van der Waals surface area (Å²) in [6.45, 7) is 5.20. The number of aryl methyl sites for hydroxylation is 2. The van der Waals surface area contributed by atoms with Gasteiger partial charge in [-0.15, -0.1) is 11.3 Å². The molecule has 0 saturated heterocycles. The summed E-state index contributed by atoms with van der Waals surface area (Å²) in [5.74, 6) is 0. The highest BCUT2D eigenvalue weighted by molar-refractivity contribution is 7.71. The van der Waals surface area contributed by atoms with Gasteiger partial charge in [0.1, 0.15) is 0 Å². The molecule has 0 radical (unpaired) electrons. The standard InChI is InChI=1S/C15H16N2S2/c1-3-11-7-8-19-13(11)9-17-14-10(2)5-4-6-12(14)16-15(17)18/h4-8H,3,9H2,1-2H3,(H,16,18). The summed E-state index contributed by atoms with van der Waals surface area (Å²) in [4.78, 5) is 4.71. The fourth-order valence-corrected chi connectivity index (χ4v) is 3.75.